The van der Waals surface area contributed by atoms with Crippen LogP contribution in [0.25, 0.3) is 0 Å². The Morgan fingerprint density at radius 1 is 1.50 bits per heavy atom. The van der Waals surface area contributed by atoms with E-state index < -0.39 is 5.82 Å². The summed E-state index contributed by atoms with van der Waals surface area (Å²) >= 11 is 7.12. The molecule has 1 N–H and O–H groups in total. The fourth-order valence-electron chi connectivity index (χ4n) is 2.59. The number of hydrogen-bond acceptors (Lipinski definition) is 4. The summed E-state index contributed by atoms with van der Waals surface area (Å²) in [6.07, 6.45) is 2.61. The van der Waals surface area contributed by atoms with E-state index in [1.54, 1.807) is 12.1 Å². The van der Waals surface area contributed by atoms with Gasteiger partial charge in [0.1, 0.15) is 5.82 Å². The average molecular weight is 340 g/mol. The van der Waals surface area contributed by atoms with Crippen LogP contribution in [-0.4, -0.2) is 27.7 Å². The number of nitrogens with zero attached hydrogens (tertiary/aromatic N) is 2. The lowest BCUT2D eigenvalue weighted by Crippen LogP contribution is -2.35. The molecule has 1 aromatic heterocycles. The normalized spacial score (nSPS) is 14.9. The average Bonchev–Trinajstić information content (AvgIpc) is 2.51. The van der Waals surface area contributed by atoms with E-state index in [1.807, 2.05) is 6.26 Å². The quantitative estimate of drug-likeness (QED) is 0.690. The third-order valence-corrected chi connectivity index (χ3v) is 4.60. The van der Waals surface area contributed by atoms with E-state index in [0.29, 0.717) is 23.8 Å². The van der Waals surface area contributed by atoms with Crippen molar-refractivity contribution in [3.05, 3.63) is 56.2 Å². The summed E-state index contributed by atoms with van der Waals surface area (Å²) in [4.78, 5) is 21.5. The molecule has 0 spiro atoms. The first-order chi connectivity index (χ1) is 10.6. The van der Waals surface area contributed by atoms with Crippen LogP contribution in [0.15, 0.2) is 28.2 Å². The largest absolute Gasteiger partial charge is 0.301 e. The molecule has 22 heavy (non-hydrogen) atoms. The van der Waals surface area contributed by atoms with Crippen molar-refractivity contribution in [3.63, 3.8) is 0 Å². The van der Waals surface area contributed by atoms with Gasteiger partial charge in [0.25, 0.3) is 5.56 Å². The number of H-pyrrole nitrogens is 1. The number of aromatic nitrogens is 2. The number of halogens is 2. The van der Waals surface area contributed by atoms with Gasteiger partial charge in [-0.1, -0.05) is 29.4 Å². The predicted molar refractivity (Wildman–Crippen MR) is 85.9 cm³/mol. The number of rotatable bonds is 3. The van der Waals surface area contributed by atoms with Crippen LogP contribution in [0, 0.1) is 5.82 Å². The first-order valence-corrected chi connectivity index (χ1v) is 8.49. The molecule has 0 fully saturated rings. The molecule has 7 heteroatoms. The van der Waals surface area contributed by atoms with Crippen LogP contribution in [-0.2, 0) is 19.5 Å². The van der Waals surface area contributed by atoms with Crippen molar-refractivity contribution in [3.8, 4) is 0 Å². The third-order valence-electron chi connectivity index (χ3n) is 3.71. The highest BCUT2D eigenvalue weighted by molar-refractivity contribution is 7.98. The first-order valence-electron chi connectivity index (χ1n) is 6.89. The highest BCUT2D eigenvalue weighted by Gasteiger charge is 2.21. The van der Waals surface area contributed by atoms with Gasteiger partial charge in [0.05, 0.1) is 16.3 Å². The summed E-state index contributed by atoms with van der Waals surface area (Å²) < 4.78 is 13.5. The van der Waals surface area contributed by atoms with E-state index in [0.717, 1.165) is 24.2 Å². The van der Waals surface area contributed by atoms with Crippen LogP contribution in [0.2, 0.25) is 5.02 Å². The molecular weight excluding hydrogens is 325 g/mol. The molecule has 0 unspecified atom stereocenters. The van der Waals surface area contributed by atoms with Gasteiger partial charge in [-0.2, -0.15) is 0 Å². The van der Waals surface area contributed by atoms with E-state index in [1.165, 1.54) is 17.8 Å². The molecule has 116 valence electrons. The maximum Gasteiger partial charge on any atom is 0.256 e. The molecule has 0 atom stereocenters. The second-order valence-corrected chi connectivity index (χ2v) is 6.41. The number of hydrogen-bond donors (Lipinski definition) is 1. The van der Waals surface area contributed by atoms with Crippen molar-refractivity contribution in [2.45, 2.75) is 24.7 Å². The Bertz CT molecular complexity index is 765. The fourth-order valence-corrected chi connectivity index (χ4v) is 3.10. The van der Waals surface area contributed by atoms with E-state index >= 15 is 0 Å². The van der Waals surface area contributed by atoms with Crippen molar-refractivity contribution >= 4 is 23.4 Å². The van der Waals surface area contributed by atoms with Crippen LogP contribution in [0.5, 0.6) is 0 Å². The lowest BCUT2D eigenvalue weighted by atomic mass is 10.1. The fraction of sp³-hybridized carbons (Fsp3) is 0.333. The zero-order valence-electron chi connectivity index (χ0n) is 12.0. The van der Waals surface area contributed by atoms with Crippen LogP contribution >= 0.6 is 23.4 Å². The minimum Gasteiger partial charge on any atom is -0.301 e. The van der Waals surface area contributed by atoms with Crippen LogP contribution in [0.3, 0.4) is 0 Å². The van der Waals surface area contributed by atoms with Crippen LogP contribution in [0.4, 0.5) is 4.39 Å². The summed E-state index contributed by atoms with van der Waals surface area (Å²) in [5.41, 5.74) is 2.34. The molecule has 1 aromatic carbocycles. The second kappa shape index (κ2) is 6.40. The molecular formula is C15H15ClFN3OS. The van der Waals surface area contributed by atoms with Crippen molar-refractivity contribution in [2.24, 2.45) is 0 Å². The molecule has 1 aliphatic rings. The lowest BCUT2D eigenvalue weighted by molar-refractivity contribution is 0.240. The molecule has 2 aromatic rings. The van der Waals surface area contributed by atoms with Gasteiger partial charge in [-0.3, -0.25) is 9.69 Å². The summed E-state index contributed by atoms with van der Waals surface area (Å²) in [5, 5.41) is 0.773. The molecule has 0 saturated carbocycles. The van der Waals surface area contributed by atoms with E-state index in [9.17, 15) is 9.18 Å². The molecule has 0 amide bonds. The number of benzene rings is 1. The zero-order valence-corrected chi connectivity index (χ0v) is 13.6. The molecule has 3 rings (SSSR count). The molecule has 4 nitrogen and oxygen atoms in total. The monoisotopic (exact) mass is 339 g/mol. The number of thioether (sulfide) groups is 1. The van der Waals surface area contributed by atoms with Crippen molar-refractivity contribution in [2.75, 3.05) is 12.8 Å². The summed E-state index contributed by atoms with van der Waals surface area (Å²) in [7, 11) is 0. The van der Waals surface area contributed by atoms with Crippen molar-refractivity contribution < 1.29 is 4.39 Å². The van der Waals surface area contributed by atoms with Gasteiger partial charge in [-0.05, 0) is 24.0 Å². The van der Waals surface area contributed by atoms with E-state index in [-0.39, 0.29) is 10.6 Å². The van der Waals surface area contributed by atoms with Crippen molar-refractivity contribution in [1.82, 2.24) is 14.9 Å². The third kappa shape index (κ3) is 3.19. The number of aromatic amines is 1. The van der Waals surface area contributed by atoms with Gasteiger partial charge in [0, 0.05) is 26.1 Å². The Kier molecular flexibility index (Phi) is 4.52. The molecule has 0 bridgehead atoms. The molecule has 0 aliphatic carbocycles. The summed E-state index contributed by atoms with van der Waals surface area (Å²) in [6, 6.07) is 4.81. The summed E-state index contributed by atoms with van der Waals surface area (Å²) in [5.74, 6) is -0.416. The highest BCUT2D eigenvalue weighted by atomic mass is 35.5. The Labute approximate surface area is 136 Å². The first kappa shape index (κ1) is 15.5. The molecule has 1 aliphatic heterocycles. The van der Waals surface area contributed by atoms with Gasteiger partial charge >= 0.3 is 0 Å². The maximum atomic E-state index is 13.5. The predicted octanol–water partition coefficient (Wildman–Crippen LogP) is 2.84. The highest BCUT2D eigenvalue weighted by Crippen LogP contribution is 2.20. The molecule has 2 heterocycles. The Hall–Kier alpha value is -1.37. The number of fused-ring (bicyclic) bond motifs is 1. The maximum absolute atomic E-state index is 13.5. The van der Waals surface area contributed by atoms with Crippen LogP contribution in [0.1, 0.15) is 16.8 Å². The molecule has 0 saturated heterocycles. The van der Waals surface area contributed by atoms with Crippen LogP contribution < -0.4 is 5.56 Å². The number of nitrogens with one attached hydrogen (secondary N) is 1. The zero-order chi connectivity index (χ0) is 15.7. The van der Waals surface area contributed by atoms with Gasteiger partial charge in [-0.25, -0.2) is 9.37 Å². The van der Waals surface area contributed by atoms with E-state index in [2.05, 4.69) is 14.9 Å². The Morgan fingerprint density at radius 2 is 2.32 bits per heavy atom. The minimum absolute atomic E-state index is 0.0821. The summed E-state index contributed by atoms with van der Waals surface area (Å²) in [6.45, 7) is 1.90. The standard InChI is InChI=1S/C15H15ClFN3OS/c1-22-15-18-13-4-5-20(8-10(13)14(21)19-15)7-9-2-3-11(16)12(17)6-9/h2-3,6H,4-5,7-8H2,1H3,(H,18,19,21). The Morgan fingerprint density at radius 3 is 3.05 bits per heavy atom. The SMILES string of the molecule is CSc1nc2c(c(=O)[nH]1)CN(Cc1ccc(Cl)c(F)c1)CC2. The van der Waals surface area contributed by atoms with Gasteiger partial charge in [0.2, 0.25) is 0 Å². The Balaban J connectivity index is 1.79. The topological polar surface area (TPSA) is 49.0 Å². The molecule has 0 radical (unpaired) electrons. The van der Waals surface area contributed by atoms with Gasteiger partial charge in [0.15, 0.2) is 5.16 Å². The van der Waals surface area contributed by atoms with E-state index in [4.69, 9.17) is 11.6 Å². The van der Waals surface area contributed by atoms with Gasteiger partial charge in [-0.15, -0.1) is 0 Å². The van der Waals surface area contributed by atoms with Crippen molar-refractivity contribution in [1.29, 1.82) is 0 Å². The smallest absolute Gasteiger partial charge is 0.256 e. The minimum atomic E-state index is -0.416. The lowest BCUT2D eigenvalue weighted by Gasteiger charge is -2.27. The van der Waals surface area contributed by atoms with Gasteiger partial charge < -0.3 is 4.98 Å². The second-order valence-electron chi connectivity index (χ2n) is 5.21.